The third-order valence-corrected chi connectivity index (χ3v) is 3.12. The van der Waals surface area contributed by atoms with Crippen LogP contribution in [0.5, 0.6) is 5.75 Å². The summed E-state index contributed by atoms with van der Waals surface area (Å²) in [6.45, 7) is 8.74. The van der Waals surface area contributed by atoms with E-state index in [1.54, 1.807) is 0 Å². The number of para-hydroxylation sites is 1. The smallest absolute Gasteiger partial charge is 0.129 e. The zero-order valence-electron chi connectivity index (χ0n) is 11.7. The molecule has 0 spiro atoms. The summed E-state index contributed by atoms with van der Waals surface area (Å²) in [6, 6.07) is 6.24. The van der Waals surface area contributed by atoms with Gasteiger partial charge in [0.2, 0.25) is 0 Å². The lowest BCUT2D eigenvalue weighted by molar-refractivity contribution is 0.00931. The van der Waals surface area contributed by atoms with Crippen LogP contribution < -0.4 is 10.5 Å². The second-order valence-electron chi connectivity index (χ2n) is 5.78. The number of nitrogens with two attached hydrogens (primary N) is 1. The maximum Gasteiger partial charge on any atom is 0.129 e. The van der Waals surface area contributed by atoms with Gasteiger partial charge in [-0.1, -0.05) is 18.2 Å². The molecule has 0 radical (unpaired) electrons. The van der Waals surface area contributed by atoms with Crippen LogP contribution >= 0.6 is 0 Å². The van der Waals surface area contributed by atoms with Crippen molar-refractivity contribution in [2.75, 3.05) is 6.54 Å². The fourth-order valence-electron chi connectivity index (χ4n) is 2.48. The van der Waals surface area contributed by atoms with Crippen molar-refractivity contribution in [1.29, 1.82) is 0 Å². The van der Waals surface area contributed by atoms with Crippen LogP contribution in [-0.4, -0.2) is 18.2 Å². The summed E-state index contributed by atoms with van der Waals surface area (Å²) in [5.41, 5.74) is 8.04. The minimum absolute atomic E-state index is 0.0890. The van der Waals surface area contributed by atoms with Crippen LogP contribution in [0.4, 0.5) is 0 Å². The summed E-state index contributed by atoms with van der Waals surface area (Å²) in [7, 11) is 0. The van der Waals surface area contributed by atoms with Gasteiger partial charge in [0.1, 0.15) is 11.4 Å². The Morgan fingerprint density at radius 3 is 2.72 bits per heavy atom. The van der Waals surface area contributed by atoms with Gasteiger partial charge in [-0.3, -0.25) is 0 Å². The number of hydrogen-bond acceptors (Lipinski definition) is 3. The van der Waals surface area contributed by atoms with Gasteiger partial charge < -0.3 is 15.2 Å². The maximum atomic E-state index is 6.05. The van der Waals surface area contributed by atoms with E-state index >= 15 is 0 Å². The Balaban J connectivity index is 2.33. The first kappa shape index (κ1) is 13.4. The molecule has 1 atom stereocenters. The van der Waals surface area contributed by atoms with Crippen molar-refractivity contribution in [2.24, 2.45) is 5.73 Å². The molecule has 1 aliphatic heterocycles. The van der Waals surface area contributed by atoms with Crippen molar-refractivity contribution in [1.82, 2.24) is 0 Å². The van der Waals surface area contributed by atoms with E-state index in [9.17, 15) is 0 Å². The molecular weight excluding hydrogens is 226 g/mol. The van der Waals surface area contributed by atoms with E-state index in [1.165, 1.54) is 5.56 Å². The van der Waals surface area contributed by atoms with Gasteiger partial charge in [-0.2, -0.15) is 0 Å². The van der Waals surface area contributed by atoms with E-state index in [0.717, 1.165) is 17.7 Å². The SMILES string of the molecule is CC(C)OC(CN)c1cccc2c1OC(C)(C)C2. The Morgan fingerprint density at radius 2 is 2.11 bits per heavy atom. The first-order valence-electron chi connectivity index (χ1n) is 6.59. The number of hydrogen-bond donors (Lipinski definition) is 1. The number of benzene rings is 1. The van der Waals surface area contributed by atoms with Gasteiger partial charge in [-0.15, -0.1) is 0 Å². The molecule has 0 aromatic heterocycles. The molecule has 1 aromatic carbocycles. The molecular formula is C15H23NO2. The topological polar surface area (TPSA) is 44.5 Å². The van der Waals surface area contributed by atoms with Gasteiger partial charge in [0.05, 0.1) is 12.2 Å². The predicted molar refractivity (Wildman–Crippen MR) is 72.9 cm³/mol. The molecule has 0 fully saturated rings. The van der Waals surface area contributed by atoms with E-state index in [1.807, 2.05) is 13.8 Å². The summed E-state index contributed by atoms with van der Waals surface area (Å²) >= 11 is 0. The largest absolute Gasteiger partial charge is 0.487 e. The van der Waals surface area contributed by atoms with Gasteiger partial charge in [0, 0.05) is 18.5 Å². The molecule has 1 heterocycles. The predicted octanol–water partition coefficient (Wildman–Crippen LogP) is 2.82. The zero-order chi connectivity index (χ0) is 13.3. The molecule has 0 amide bonds. The normalized spacial score (nSPS) is 18.6. The van der Waals surface area contributed by atoms with Crippen molar-refractivity contribution in [3.05, 3.63) is 29.3 Å². The summed E-state index contributed by atoms with van der Waals surface area (Å²) in [5, 5.41) is 0. The van der Waals surface area contributed by atoms with E-state index in [0.29, 0.717) is 6.54 Å². The standard InChI is InChI=1S/C15H23NO2/c1-10(2)17-13(9-16)12-7-5-6-11-8-15(3,4)18-14(11)12/h5-7,10,13H,8-9,16H2,1-4H3. The van der Waals surface area contributed by atoms with Crippen LogP contribution in [0.3, 0.4) is 0 Å². The van der Waals surface area contributed by atoms with Crippen molar-refractivity contribution in [3.8, 4) is 5.75 Å². The molecule has 3 heteroatoms. The van der Waals surface area contributed by atoms with Crippen LogP contribution in [0.2, 0.25) is 0 Å². The summed E-state index contributed by atoms with van der Waals surface area (Å²) in [5.74, 6) is 0.971. The Morgan fingerprint density at radius 1 is 1.39 bits per heavy atom. The average Bonchev–Trinajstić information content (AvgIpc) is 2.59. The van der Waals surface area contributed by atoms with Crippen molar-refractivity contribution in [2.45, 2.75) is 51.9 Å². The monoisotopic (exact) mass is 249 g/mol. The van der Waals surface area contributed by atoms with E-state index in [4.69, 9.17) is 15.2 Å². The van der Waals surface area contributed by atoms with E-state index in [-0.39, 0.29) is 17.8 Å². The lowest BCUT2D eigenvalue weighted by Crippen LogP contribution is -2.25. The molecule has 3 nitrogen and oxygen atoms in total. The highest BCUT2D eigenvalue weighted by Crippen LogP contribution is 2.40. The molecule has 1 unspecified atom stereocenters. The Kier molecular flexibility index (Phi) is 3.64. The van der Waals surface area contributed by atoms with Crippen LogP contribution in [0.25, 0.3) is 0 Å². The first-order chi connectivity index (χ1) is 8.43. The number of fused-ring (bicyclic) bond motifs is 1. The molecule has 0 bridgehead atoms. The van der Waals surface area contributed by atoms with E-state index < -0.39 is 0 Å². The molecule has 1 aromatic rings. The molecule has 0 saturated heterocycles. The Labute approximate surface area is 109 Å². The maximum absolute atomic E-state index is 6.05. The van der Waals surface area contributed by atoms with Crippen LogP contribution in [-0.2, 0) is 11.2 Å². The van der Waals surface area contributed by atoms with Crippen LogP contribution in [0, 0.1) is 0 Å². The third-order valence-electron chi connectivity index (χ3n) is 3.12. The third kappa shape index (κ3) is 2.68. The quantitative estimate of drug-likeness (QED) is 0.892. The lowest BCUT2D eigenvalue weighted by atomic mass is 9.99. The molecule has 2 rings (SSSR count). The second kappa shape index (κ2) is 4.90. The van der Waals surface area contributed by atoms with Crippen LogP contribution in [0.1, 0.15) is 44.9 Å². The minimum Gasteiger partial charge on any atom is -0.487 e. The summed E-state index contributed by atoms with van der Waals surface area (Å²) in [6.07, 6.45) is 1.01. The second-order valence-corrected chi connectivity index (χ2v) is 5.78. The molecule has 100 valence electrons. The Hall–Kier alpha value is -1.06. The van der Waals surface area contributed by atoms with Gasteiger partial charge in [-0.05, 0) is 33.3 Å². The fraction of sp³-hybridized carbons (Fsp3) is 0.600. The zero-order valence-corrected chi connectivity index (χ0v) is 11.7. The van der Waals surface area contributed by atoms with Gasteiger partial charge in [-0.25, -0.2) is 0 Å². The minimum atomic E-state index is -0.130. The average molecular weight is 249 g/mol. The summed E-state index contributed by atoms with van der Waals surface area (Å²) < 4.78 is 11.9. The lowest BCUT2D eigenvalue weighted by Gasteiger charge is -2.23. The molecule has 2 N–H and O–H groups in total. The van der Waals surface area contributed by atoms with Gasteiger partial charge in [0.25, 0.3) is 0 Å². The summed E-state index contributed by atoms with van der Waals surface area (Å²) in [4.78, 5) is 0. The highest BCUT2D eigenvalue weighted by molar-refractivity contribution is 5.47. The van der Waals surface area contributed by atoms with Crippen molar-refractivity contribution >= 4 is 0 Å². The molecule has 0 saturated carbocycles. The van der Waals surface area contributed by atoms with E-state index in [2.05, 4.69) is 32.0 Å². The van der Waals surface area contributed by atoms with Gasteiger partial charge in [0.15, 0.2) is 0 Å². The number of ether oxygens (including phenoxy) is 2. The van der Waals surface area contributed by atoms with Gasteiger partial charge >= 0.3 is 0 Å². The van der Waals surface area contributed by atoms with Crippen molar-refractivity contribution in [3.63, 3.8) is 0 Å². The molecule has 18 heavy (non-hydrogen) atoms. The fourth-order valence-corrected chi connectivity index (χ4v) is 2.48. The Bertz CT molecular complexity index is 427. The highest BCUT2D eigenvalue weighted by Gasteiger charge is 2.33. The first-order valence-corrected chi connectivity index (χ1v) is 6.59. The molecule has 0 aliphatic carbocycles. The molecule has 1 aliphatic rings. The number of rotatable bonds is 4. The van der Waals surface area contributed by atoms with Crippen molar-refractivity contribution < 1.29 is 9.47 Å². The van der Waals surface area contributed by atoms with Crippen LogP contribution in [0.15, 0.2) is 18.2 Å². The highest BCUT2D eigenvalue weighted by atomic mass is 16.5.